The Labute approximate surface area is 145 Å². The van der Waals surface area contributed by atoms with E-state index >= 15 is 0 Å². The molecular formula is C17H22N2O2S2. The van der Waals surface area contributed by atoms with Gasteiger partial charge < -0.3 is 14.4 Å². The lowest BCUT2D eigenvalue weighted by molar-refractivity contribution is 0.0605. The summed E-state index contributed by atoms with van der Waals surface area (Å²) in [6.07, 6.45) is 1.98. The first-order chi connectivity index (χ1) is 11.4. The number of rotatable bonds is 1. The first kappa shape index (κ1) is 16.9. The average molecular weight is 351 g/mol. The minimum atomic E-state index is 0.698. The summed E-state index contributed by atoms with van der Waals surface area (Å²) in [5.74, 6) is 3.92. The molecule has 0 atom stereocenters. The smallest absolute Gasteiger partial charge is 0.0703 e. The van der Waals surface area contributed by atoms with E-state index in [0.29, 0.717) is 13.2 Å². The fourth-order valence-corrected chi connectivity index (χ4v) is 4.09. The number of thioether (sulfide) groups is 2. The number of benzene rings is 1. The number of fused-ring (bicyclic) bond motifs is 1. The summed E-state index contributed by atoms with van der Waals surface area (Å²) in [4.78, 5) is 6.97. The standard InChI is InChI=1S/C17H22N2O2S2/c1-2-4-17-15(3-1)11-16(12-18-17)19-13-22-9-7-20-5-6-21-8-10-23-14-19/h1-4,11-12H,5-10,13-14H2. The predicted molar refractivity (Wildman–Crippen MR) is 101 cm³/mol. The van der Waals surface area contributed by atoms with Crippen molar-refractivity contribution in [1.29, 1.82) is 0 Å². The highest BCUT2D eigenvalue weighted by atomic mass is 32.2. The van der Waals surface area contributed by atoms with Crippen LogP contribution >= 0.6 is 23.5 Å². The van der Waals surface area contributed by atoms with E-state index in [1.54, 1.807) is 0 Å². The fraction of sp³-hybridized carbons (Fsp3) is 0.471. The van der Waals surface area contributed by atoms with Crippen molar-refractivity contribution in [3.05, 3.63) is 36.5 Å². The molecule has 0 saturated carbocycles. The molecule has 3 rings (SSSR count). The van der Waals surface area contributed by atoms with Crippen molar-refractivity contribution in [3.63, 3.8) is 0 Å². The Morgan fingerprint density at radius 2 is 1.61 bits per heavy atom. The second kappa shape index (κ2) is 9.37. The second-order valence-electron chi connectivity index (χ2n) is 5.23. The number of hydrogen-bond acceptors (Lipinski definition) is 6. The summed E-state index contributed by atoms with van der Waals surface area (Å²) >= 11 is 3.80. The monoisotopic (exact) mass is 350 g/mol. The summed E-state index contributed by atoms with van der Waals surface area (Å²) in [7, 11) is 0. The van der Waals surface area contributed by atoms with E-state index < -0.39 is 0 Å². The zero-order chi connectivity index (χ0) is 15.7. The average Bonchev–Trinajstić information content (AvgIpc) is 2.62. The summed E-state index contributed by atoms with van der Waals surface area (Å²) in [5.41, 5.74) is 2.23. The van der Waals surface area contributed by atoms with Gasteiger partial charge in [0.1, 0.15) is 0 Å². The van der Waals surface area contributed by atoms with Gasteiger partial charge in [-0.3, -0.25) is 4.98 Å². The van der Waals surface area contributed by atoms with Crippen LogP contribution in [0.2, 0.25) is 0 Å². The molecule has 1 aromatic heterocycles. The van der Waals surface area contributed by atoms with Crippen molar-refractivity contribution in [1.82, 2.24) is 4.98 Å². The van der Waals surface area contributed by atoms with Crippen molar-refractivity contribution in [3.8, 4) is 0 Å². The van der Waals surface area contributed by atoms with Crippen molar-refractivity contribution < 1.29 is 9.47 Å². The van der Waals surface area contributed by atoms with Crippen molar-refractivity contribution in [2.75, 3.05) is 54.6 Å². The molecule has 23 heavy (non-hydrogen) atoms. The van der Waals surface area contributed by atoms with E-state index in [2.05, 4.69) is 34.1 Å². The molecule has 4 nitrogen and oxygen atoms in total. The fourth-order valence-electron chi connectivity index (χ4n) is 2.33. The van der Waals surface area contributed by atoms with E-state index in [1.807, 2.05) is 35.8 Å². The maximum absolute atomic E-state index is 5.56. The van der Waals surface area contributed by atoms with Crippen LogP contribution in [-0.2, 0) is 9.47 Å². The molecule has 2 heterocycles. The minimum absolute atomic E-state index is 0.698. The third-order valence-electron chi connectivity index (χ3n) is 3.55. The van der Waals surface area contributed by atoms with Crippen molar-refractivity contribution in [2.24, 2.45) is 0 Å². The zero-order valence-corrected chi connectivity index (χ0v) is 14.8. The molecule has 6 heteroatoms. The van der Waals surface area contributed by atoms with Gasteiger partial charge in [0.2, 0.25) is 0 Å². The van der Waals surface area contributed by atoms with Gasteiger partial charge in [0.15, 0.2) is 0 Å². The molecule has 2 aromatic rings. The van der Waals surface area contributed by atoms with Gasteiger partial charge in [0, 0.05) is 16.9 Å². The summed E-state index contributed by atoms with van der Waals surface area (Å²) in [6.45, 7) is 2.96. The quantitative estimate of drug-likeness (QED) is 0.783. The van der Waals surface area contributed by atoms with Crippen LogP contribution in [0.5, 0.6) is 0 Å². The van der Waals surface area contributed by atoms with E-state index in [0.717, 1.165) is 42.0 Å². The third kappa shape index (κ3) is 5.28. The van der Waals surface area contributed by atoms with Gasteiger partial charge in [-0.05, 0) is 12.1 Å². The van der Waals surface area contributed by atoms with Crippen LogP contribution < -0.4 is 4.90 Å². The topological polar surface area (TPSA) is 34.6 Å². The number of hydrogen-bond donors (Lipinski definition) is 0. The lowest BCUT2D eigenvalue weighted by atomic mass is 10.2. The van der Waals surface area contributed by atoms with Crippen LogP contribution in [0.3, 0.4) is 0 Å². The minimum Gasteiger partial charge on any atom is -0.378 e. The lowest BCUT2D eigenvalue weighted by Gasteiger charge is -2.24. The van der Waals surface area contributed by atoms with Crippen molar-refractivity contribution in [2.45, 2.75) is 0 Å². The highest BCUT2D eigenvalue weighted by Crippen LogP contribution is 2.23. The summed E-state index contributed by atoms with van der Waals surface area (Å²) in [5, 5.41) is 1.19. The Kier molecular flexibility index (Phi) is 6.88. The Morgan fingerprint density at radius 3 is 2.35 bits per heavy atom. The normalized spacial score (nSPS) is 18.9. The van der Waals surface area contributed by atoms with Crippen LogP contribution in [-0.4, -0.2) is 54.7 Å². The molecule has 0 spiro atoms. The van der Waals surface area contributed by atoms with Gasteiger partial charge in [-0.1, -0.05) is 18.2 Å². The number of para-hydroxylation sites is 1. The van der Waals surface area contributed by atoms with E-state index in [1.165, 1.54) is 11.1 Å². The Balaban J connectivity index is 1.69. The van der Waals surface area contributed by atoms with Gasteiger partial charge in [-0.15, -0.1) is 23.5 Å². The zero-order valence-electron chi connectivity index (χ0n) is 13.1. The molecule has 0 N–H and O–H groups in total. The maximum Gasteiger partial charge on any atom is 0.0703 e. The van der Waals surface area contributed by atoms with Crippen LogP contribution in [0, 0.1) is 0 Å². The van der Waals surface area contributed by atoms with Gasteiger partial charge in [0.25, 0.3) is 0 Å². The van der Waals surface area contributed by atoms with Crippen LogP contribution in [0.4, 0.5) is 5.69 Å². The molecule has 1 aliphatic heterocycles. The van der Waals surface area contributed by atoms with Crippen LogP contribution in [0.25, 0.3) is 10.9 Å². The highest BCUT2D eigenvalue weighted by molar-refractivity contribution is 8.00. The van der Waals surface area contributed by atoms with Crippen LogP contribution in [0.15, 0.2) is 36.5 Å². The molecule has 0 radical (unpaired) electrons. The molecule has 0 amide bonds. The van der Waals surface area contributed by atoms with Gasteiger partial charge in [0.05, 0.1) is 55.6 Å². The van der Waals surface area contributed by atoms with E-state index in [-0.39, 0.29) is 0 Å². The Morgan fingerprint density at radius 1 is 0.913 bits per heavy atom. The molecular weight excluding hydrogens is 328 g/mol. The molecule has 1 aliphatic rings. The van der Waals surface area contributed by atoms with Crippen molar-refractivity contribution >= 4 is 40.1 Å². The SMILES string of the molecule is c1ccc2ncc(N3CSCCOCCOCCSC3)cc2c1. The number of anilines is 1. The molecule has 124 valence electrons. The Bertz CT molecular complexity index is 598. The van der Waals surface area contributed by atoms with E-state index in [4.69, 9.17) is 9.47 Å². The molecule has 0 bridgehead atoms. The maximum atomic E-state index is 5.56. The van der Waals surface area contributed by atoms with Crippen LogP contribution in [0.1, 0.15) is 0 Å². The number of aromatic nitrogens is 1. The third-order valence-corrected chi connectivity index (χ3v) is 5.45. The molecule has 1 saturated heterocycles. The highest BCUT2D eigenvalue weighted by Gasteiger charge is 2.09. The predicted octanol–water partition coefficient (Wildman–Crippen LogP) is 3.47. The number of nitrogens with zero attached hydrogens (tertiary/aromatic N) is 2. The first-order valence-electron chi connectivity index (χ1n) is 7.84. The van der Waals surface area contributed by atoms with Gasteiger partial charge in [-0.25, -0.2) is 0 Å². The molecule has 1 fully saturated rings. The lowest BCUT2D eigenvalue weighted by Crippen LogP contribution is -2.23. The molecule has 0 unspecified atom stereocenters. The van der Waals surface area contributed by atoms with E-state index in [9.17, 15) is 0 Å². The second-order valence-corrected chi connectivity index (χ2v) is 7.37. The number of pyridine rings is 1. The largest absolute Gasteiger partial charge is 0.378 e. The first-order valence-corrected chi connectivity index (χ1v) is 10.2. The van der Waals surface area contributed by atoms with Gasteiger partial charge in [-0.2, -0.15) is 0 Å². The summed E-state index contributed by atoms with van der Waals surface area (Å²) in [6, 6.07) is 10.5. The number of ether oxygens (including phenoxy) is 2. The molecule has 0 aliphatic carbocycles. The molecule has 1 aromatic carbocycles. The summed E-state index contributed by atoms with van der Waals surface area (Å²) < 4.78 is 11.1. The Hall–Kier alpha value is -0.950. The van der Waals surface area contributed by atoms with Gasteiger partial charge >= 0.3 is 0 Å².